The second-order valence-electron chi connectivity index (χ2n) is 4.30. The van der Waals surface area contributed by atoms with E-state index in [9.17, 15) is 0 Å². The van der Waals surface area contributed by atoms with Crippen molar-refractivity contribution < 1.29 is 4.74 Å². The number of methoxy groups -OCH3 is 1. The molecule has 0 saturated carbocycles. The van der Waals surface area contributed by atoms with E-state index >= 15 is 0 Å². The van der Waals surface area contributed by atoms with Crippen LogP contribution in [0.2, 0.25) is 0 Å². The fourth-order valence-electron chi connectivity index (χ4n) is 1.96. The minimum atomic E-state index is 0.497. The Balaban J connectivity index is 3.00. The van der Waals surface area contributed by atoms with Gasteiger partial charge in [-0.15, -0.1) is 0 Å². The molecule has 0 bridgehead atoms. The molecule has 0 N–H and O–H groups in total. The lowest BCUT2D eigenvalue weighted by Gasteiger charge is -2.33. The van der Waals surface area contributed by atoms with E-state index in [1.807, 2.05) is 12.1 Å². The first kappa shape index (κ1) is 11.9. The van der Waals surface area contributed by atoms with Crippen LogP contribution in [0.15, 0.2) is 24.3 Å². The molecule has 0 unspecified atom stereocenters. The summed E-state index contributed by atoms with van der Waals surface area (Å²) in [5.74, 6) is 0.916. The first-order valence-corrected chi connectivity index (χ1v) is 5.48. The Hall–Kier alpha value is -1.18. The van der Waals surface area contributed by atoms with E-state index in [4.69, 9.17) is 4.74 Å². The van der Waals surface area contributed by atoms with E-state index in [1.165, 1.54) is 5.69 Å². The van der Waals surface area contributed by atoms with Gasteiger partial charge >= 0.3 is 0 Å². The highest BCUT2D eigenvalue weighted by Crippen LogP contribution is 2.24. The summed E-state index contributed by atoms with van der Waals surface area (Å²) in [7, 11) is 1.70. The molecule has 0 atom stereocenters. The standard InChI is InChI=1S/C13H21NO/c1-10(2)14(11(3)4)12-7-6-8-13(9-12)15-5/h6-11H,1-5H3. The van der Waals surface area contributed by atoms with E-state index in [1.54, 1.807) is 7.11 Å². The molecule has 0 saturated heterocycles. The van der Waals surface area contributed by atoms with Crippen molar-refractivity contribution in [2.75, 3.05) is 12.0 Å². The van der Waals surface area contributed by atoms with E-state index in [2.05, 4.69) is 44.7 Å². The monoisotopic (exact) mass is 207 g/mol. The van der Waals surface area contributed by atoms with Crippen LogP contribution in [0.4, 0.5) is 5.69 Å². The summed E-state index contributed by atoms with van der Waals surface area (Å²) in [4.78, 5) is 2.38. The molecule has 0 aliphatic rings. The zero-order valence-corrected chi connectivity index (χ0v) is 10.3. The van der Waals surface area contributed by atoms with Crippen LogP contribution in [-0.2, 0) is 0 Å². The second-order valence-corrected chi connectivity index (χ2v) is 4.30. The number of rotatable bonds is 4. The quantitative estimate of drug-likeness (QED) is 0.751. The third-order valence-electron chi connectivity index (χ3n) is 2.46. The van der Waals surface area contributed by atoms with E-state index in [0.29, 0.717) is 12.1 Å². The van der Waals surface area contributed by atoms with E-state index in [0.717, 1.165) is 5.75 Å². The van der Waals surface area contributed by atoms with Crippen LogP contribution in [0.3, 0.4) is 0 Å². The summed E-state index contributed by atoms with van der Waals surface area (Å²) in [6.45, 7) is 8.83. The SMILES string of the molecule is COc1cccc(N(C(C)C)C(C)C)c1. The highest BCUT2D eigenvalue weighted by molar-refractivity contribution is 5.52. The van der Waals surface area contributed by atoms with Crippen molar-refractivity contribution >= 4 is 5.69 Å². The van der Waals surface area contributed by atoms with Gasteiger partial charge in [0.15, 0.2) is 0 Å². The third-order valence-corrected chi connectivity index (χ3v) is 2.46. The van der Waals surface area contributed by atoms with Gasteiger partial charge in [-0.05, 0) is 39.8 Å². The maximum atomic E-state index is 5.24. The largest absolute Gasteiger partial charge is 0.497 e. The van der Waals surface area contributed by atoms with Gasteiger partial charge in [-0.3, -0.25) is 0 Å². The van der Waals surface area contributed by atoms with Gasteiger partial charge in [0.2, 0.25) is 0 Å². The first-order chi connectivity index (χ1) is 7.06. The molecule has 0 heterocycles. The molecule has 0 radical (unpaired) electrons. The van der Waals surface area contributed by atoms with Crippen LogP contribution in [0.25, 0.3) is 0 Å². The molecule has 1 aromatic rings. The lowest BCUT2D eigenvalue weighted by atomic mass is 10.2. The summed E-state index contributed by atoms with van der Waals surface area (Å²) in [5.41, 5.74) is 1.22. The number of hydrogen-bond donors (Lipinski definition) is 0. The van der Waals surface area contributed by atoms with Gasteiger partial charge in [0.25, 0.3) is 0 Å². The maximum absolute atomic E-state index is 5.24. The highest BCUT2D eigenvalue weighted by Gasteiger charge is 2.14. The maximum Gasteiger partial charge on any atom is 0.120 e. The second kappa shape index (κ2) is 5.06. The Morgan fingerprint density at radius 2 is 1.67 bits per heavy atom. The molecule has 2 heteroatoms. The van der Waals surface area contributed by atoms with Crippen LogP contribution in [0, 0.1) is 0 Å². The van der Waals surface area contributed by atoms with Gasteiger partial charge in [0, 0.05) is 23.8 Å². The van der Waals surface area contributed by atoms with Crippen molar-refractivity contribution in [3.8, 4) is 5.75 Å². The molecule has 2 nitrogen and oxygen atoms in total. The van der Waals surface area contributed by atoms with Gasteiger partial charge in [0.05, 0.1) is 7.11 Å². The number of anilines is 1. The normalized spacial score (nSPS) is 10.9. The Kier molecular flexibility index (Phi) is 4.01. The van der Waals surface area contributed by atoms with Crippen LogP contribution >= 0.6 is 0 Å². The zero-order valence-electron chi connectivity index (χ0n) is 10.3. The number of benzene rings is 1. The first-order valence-electron chi connectivity index (χ1n) is 5.48. The fraction of sp³-hybridized carbons (Fsp3) is 0.538. The molecular formula is C13H21NO. The zero-order chi connectivity index (χ0) is 11.4. The summed E-state index contributed by atoms with van der Waals surface area (Å²) >= 11 is 0. The predicted molar refractivity (Wildman–Crippen MR) is 65.7 cm³/mol. The molecule has 0 aliphatic carbocycles. The summed E-state index contributed by atoms with van der Waals surface area (Å²) in [6.07, 6.45) is 0. The Morgan fingerprint density at radius 1 is 1.07 bits per heavy atom. The van der Waals surface area contributed by atoms with Crippen molar-refractivity contribution in [1.82, 2.24) is 0 Å². The van der Waals surface area contributed by atoms with Crippen LogP contribution in [0.5, 0.6) is 5.75 Å². The minimum Gasteiger partial charge on any atom is -0.497 e. The van der Waals surface area contributed by atoms with Gasteiger partial charge in [-0.1, -0.05) is 6.07 Å². The van der Waals surface area contributed by atoms with Crippen molar-refractivity contribution in [2.45, 2.75) is 39.8 Å². The molecule has 1 rings (SSSR count). The molecular weight excluding hydrogens is 186 g/mol. The van der Waals surface area contributed by atoms with Crippen molar-refractivity contribution in [3.63, 3.8) is 0 Å². The molecule has 15 heavy (non-hydrogen) atoms. The van der Waals surface area contributed by atoms with Crippen LogP contribution < -0.4 is 9.64 Å². The van der Waals surface area contributed by atoms with Gasteiger partial charge in [0.1, 0.15) is 5.75 Å². The minimum absolute atomic E-state index is 0.497. The Morgan fingerprint density at radius 3 is 2.13 bits per heavy atom. The fourth-order valence-corrected chi connectivity index (χ4v) is 1.96. The molecule has 0 aromatic heterocycles. The summed E-state index contributed by atoms with van der Waals surface area (Å²) in [5, 5.41) is 0. The van der Waals surface area contributed by atoms with Crippen molar-refractivity contribution in [1.29, 1.82) is 0 Å². The third kappa shape index (κ3) is 2.88. The molecule has 0 amide bonds. The number of nitrogens with zero attached hydrogens (tertiary/aromatic N) is 1. The van der Waals surface area contributed by atoms with Crippen LogP contribution in [-0.4, -0.2) is 19.2 Å². The van der Waals surface area contributed by atoms with Gasteiger partial charge in [-0.25, -0.2) is 0 Å². The highest BCUT2D eigenvalue weighted by atomic mass is 16.5. The number of ether oxygens (including phenoxy) is 1. The lowest BCUT2D eigenvalue weighted by Crippen LogP contribution is -2.36. The Bertz CT molecular complexity index is 299. The topological polar surface area (TPSA) is 12.5 Å². The summed E-state index contributed by atoms with van der Waals surface area (Å²) in [6, 6.07) is 9.21. The molecule has 84 valence electrons. The average molecular weight is 207 g/mol. The predicted octanol–water partition coefficient (Wildman–Crippen LogP) is 3.32. The molecule has 1 aromatic carbocycles. The van der Waals surface area contributed by atoms with Gasteiger partial charge < -0.3 is 9.64 Å². The molecule has 0 aliphatic heterocycles. The summed E-state index contributed by atoms with van der Waals surface area (Å²) < 4.78 is 5.24. The van der Waals surface area contributed by atoms with E-state index < -0.39 is 0 Å². The molecule has 0 spiro atoms. The smallest absolute Gasteiger partial charge is 0.120 e. The number of hydrogen-bond acceptors (Lipinski definition) is 2. The Labute approximate surface area is 92.9 Å². The van der Waals surface area contributed by atoms with Gasteiger partial charge in [-0.2, -0.15) is 0 Å². The lowest BCUT2D eigenvalue weighted by molar-refractivity contribution is 0.414. The molecule has 0 fully saturated rings. The van der Waals surface area contributed by atoms with E-state index in [-0.39, 0.29) is 0 Å². The van der Waals surface area contributed by atoms with Crippen molar-refractivity contribution in [2.24, 2.45) is 0 Å². The van der Waals surface area contributed by atoms with Crippen molar-refractivity contribution in [3.05, 3.63) is 24.3 Å². The van der Waals surface area contributed by atoms with Crippen LogP contribution in [0.1, 0.15) is 27.7 Å². The average Bonchev–Trinajstić information content (AvgIpc) is 2.17.